The minimum Gasteiger partial charge on any atom is -0.274 e. The lowest BCUT2D eigenvalue weighted by Crippen LogP contribution is -2.33. The maximum atomic E-state index is 11.3. The van der Waals surface area contributed by atoms with Crippen LogP contribution in [0.15, 0.2) is 24.3 Å². The first-order valence-corrected chi connectivity index (χ1v) is 5.64. The number of carbonyl (C=O) groups excluding carboxylic acids is 2. The number of imide groups is 1. The summed E-state index contributed by atoms with van der Waals surface area (Å²) in [5, 5.41) is 0.699. The third kappa shape index (κ3) is 2.89. The van der Waals surface area contributed by atoms with Gasteiger partial charge in [0.15, 0.2) is 0 Å². The first-order valence-electron chi connectivity index (χ1n) is 4.52. The van der Waals surface area contributed by atoms with Crippen LogP contribution in [0.25, 0.3) is 0 Å². The van der Waals surface area contributed by atoms with Crippen LogP contribution >= 0.6 is 15.9 Å². The van der Waals surface area contributed by atoms with Crippen molar-refractivity contribution in [1.29, 1.82) is 0 Å². The van der Waals surface area contributed by atoms with E-state index in [4.69, 9.17) is 0 Å². The Balaban J connectivity index is 3.11. The van der Waals surface area contributed by atoms with Crippen LogP contribution in [0.2, 0.25) is 0 Å². The number of hydrogen-bond acceptors (Lipinski definition) is 2. The number of nitrogens with zero attached hydrogens (tertiary/aromatic N) is 1. The first-order chi connectivity index (χ1) is 7.06. The van der Waals surface area contributed by atoms with Crippen molar-refractivity contribution in [2.75, 3.05) is 4.90 Å². The van der Waals surface area contributed by atoms with E-state index in [-0.39, 0.29) is 11.8 Å². The van der Waals surface area contributed by atoms with Gasteiger partial charge in [-0.05, 0) is 17.7 Å². The topological polar surface area (TPSA) is 37.4 Å². The molecular formula is C11H12BrNO2. The van der Waals surface area contributed by atoms with E-state index >= 15 is 0 Å². The Hall–Kier alpha value is -1.16. The van der Waals surface area contributed by atoms with Crippen LogP contribution in [0.3, 0.4) is 0 Å². The highest BCUT2D eigenvalue weighted by Gasteiger charge is 2.15. The van der Waals surface area contributed by atoms with Crippen LogP contribution in [-0.2, 0) is 14.9 Å². The average Bonchev–Trinajstić information content (AvgIpc) is 2.17. The van der Waals surface area contributed by atoms with Gasteiger partial charge in [0.25, 0.3) is 0 Å². The van der Waals surface area contributed by atoms with Crippen molar-refractivity contribution in [3.8, 4) is 0 Å². The molecule has 80 valence electrons. The van der Waals surface area contributed by atoms with Crippen LogP contribution in [0.5, 0.6) is 0 Å². The van der Waals surface area contributed by atoms with Gasteiger partial charge in [-0.3, -0.25) is 14.5 Å². The highest BCUT2D eigenvalue weighted by Crippen LogP contribution is 2.18. The van der Waals surface area contributed by atoms with Crippen molar-refractivity contribution >= 4 is 33.4 Å². The Bertz CT molecular complexity index is 376. The lowest BCUT2D eigenvalue weighted by Gasteiger charge is -2.17. The van der Waals surface area contributed by atoms with Crippen molar-refractivity contribution in [2.45, 2.75) is 19.2 Å². The summed E-state index contributed by atoms with van der Waals surface area (Å²) in [5.74, 6) is -0.538. The number of alkyl halides is 1. The number of benzene rings is 1. The monoisotopic (exact) mass is 269 g/mol. The molecule has 0 fully saturated rings. The van der Waals surface area contributed by atoms with Crippen LogP contribution in [0.4, 0.5) is 5.69 Å². The van der Waals surface area contributed by atoms with Crippen molar-refractivity contribution in [2.24, 2.45) is 0 Å². The van der Waals surface area contributed by atoms with Gasteiger partial charge >= 0.3 is 0 Å². The van der Waals surface area contributed by atoms with Crippen LogP contribution in [-0.4, -0.2) is 11.8 Å². The van der Waals surface area contributed by atoms with Crippen molar-refractivity contribution in [3.63, 3.8) is 0 Å². The molecule has 0 atom stereocenters. The van der Waals surface area contributed by atoms with E-state index in [0.29, 0.717) is 11.0 Å². The van der Waals surface area contributed by atoms with Gasteiger partial charge in [0.1, 0.15) is 0 Å². The summed E-state index contributed by atoms with van der Waals surface area (Å²) >= 11 is 3.33. The van der Waals surface area contributed by atoms with Crippen LogP contribution in [0, 0.1) is 0 Å². The Morgan fingerprint density at radius 3 is 2.33 bits per heavy atom. The van der Waals surface area contributed by atoms with E-state index in [1.54, 1.807) is 6.07 Å². The number of carbonyl (C=O) groups is 2. The molecule has 0 N–H and O–H groups in total. The van der Waals surface area contributed by atoms with Gasteiger partial charge in [0, 0.05) is 19.2 Å². The number of rotatable bonds is 2. The quantitative estimate of drug-likeness (QED) is 0.774. The molecule has 0 aliphatic rings. The van der Waals surface area contributed by atoms with E-state index < -0.39 is 0 Å². The molecule has 0 aliphatic carbocycles. The zero-order valence-electron chi connectivity index (χ0n) is 8.66. The van der Waals surface area contributed by atoms with Gasteiger partial charge < -0.3 is 0 Å². The molecule has 15 heavy (non-hydrogen) atoms. The largest absolute Gasteiger partial charge is 0.274 e. The van der Waals surface area contributed by atoms with Gasteiger partial charge in [-0.15, -0.1) is 0 Å². The fraction of sp³-hybridized carbons (Fsp3) is 0.273. The summed E-state index contributed by atoms with van der Waals surface area (Å²) in [5.41, 5.74) is 1.65. The maximum absolute atomic E-state index is 11.3. The molecule has 4 heteroatoms. The minimum absolute atomic E-state index is 0.269. The molecule has 0 radical (unpaired) electrons. The van der Waals surface area contributed by atoms with E-state index in [1.807, 2.05) is 18.2 Å². The molecule has 3 nitrogen and oxygen atoms in total. The molecule has 0 unspecified atom stereocenters. The molecule has 1 aromatic rings. The summed E-state index contributed by atoms with van der Waals surface area (Å²) in [4.78, 5) is 23.7. The van der Waals surface area contributed by atoms with E-state index in [9.17, 15) is 9.59 Å². The number of anilines is 1. The minimum atomic E-state index is -0.269. The standard InChI is InChI=1S/C11H12BrNO2/c1-8(14)13(9(2)15)11-5-3-4-10(6-11)7-12/h3-6H,7H2,1-2H3. The van der Waals surface area contributed by atoms with Gasteiger partial charge in [-0.2, -0.15) is 0 Å². The molecule has 0 saturated carbocycles. The van der Waals surface area contributed by atoms with Crippen LogP contribution < -0.4 is 4.90 Å². The zero-order valence-corrected chi connectivity index (χ0v) is 10.2. The highest BCUT2D eigenvalue weighted by atomic mass is 79.9. The van der Waals surface area contributed by atoms with Gasteiger partial charge in [0.2, 0.25) is 11.8 Å². The summed E-state index contributed by atoms with van der Waals surface area (Å²) in [7, 11) is 0. The third-order valence-corrected chi connectivity index (χ3v) is 2.60. The normalized spacial score (nSPS) is 9.80. The van der Waals surface area contributed by atoms with Gasteiger partial charge in [0.05, 0.1) is 5.69 Å². The summed E-state index contributed by atoms with van der Waals surface area (Å²) in [6.45, 7) is 2.75. The smallest absolute Gasteiger partial charge is 0.230 e. The zero-order chi connectivity index (χ0) is 11.4. The van der Waals surface area contributed by atoms with Crippen LogP contribution in [0.1, 0.15) is 19.4 Å². The number of halogens is 1. The number of hydrogen-bond donors (Lipinski definition) is 0. The molecule has 0 spiro atoms. The fourth-order valence-electron chi connectivity index (χ4n) is 1.36. The SMILES string of the molecule is CC(=O)N(C(C)=O)c1cccc(CBr)c1. The van der Waals surface area contributed by atoms with Crippen molar-refractivity contribution < 1.29 is 9.59 Å². The lowest BCUT2D eigenvalue weighted by atomic mass is 10.2. The van der Waals surface area contributed by atoms with Gasteiger partial charge in [-0.1, -0.05) is 28.1 Å². The lowest BCUT2D eigenvalue weighted by molar-refractivity contribution is -0.124. The average molecular weight is 270 g/mol. The Morgan fingerprint density at radius 2 is 1.87 bits per heavy atom. The van der Waals surface area contributed by atoms with E-state index in [2.05, 4.69) is 15.9 Å². The summed E-state index contributed by atoms with van der Waals surface area (Å²) in [6, 6.07) is 7.31. The molecule has 1 rings (SSSR count). The molecule has 0 aromatic heterocycles. The maximum Gasteiger partial charge on any atom is 0.230 e. The Morgan fingerprint density at radius 1 is 1.27 bits per heavy atom. The predicted molar refractivity (Wildman–Crippen MR) is 62.9 cm³/mol. The van der Waals surface area contributed by atoms with E-state index in [1.165, 1.54) is 13.8 Å². The third-order valence-electron chi connectivity index (χ3n) is 1.95. The second-order valence-electron chi connectivity index (χ2n) is 3.18. The highest BCUT2D eigenvalue weighted by molar-refractivity contribution is 9.08. The number of amides is 2. The van der Waals surface area contributed by atoms with Crippen molar-refractivity contribution in [3.05, 3.63) is 29.8 Å². The molecule has 0 saturated heterocycles. The van der Waals surface area contributed by atoms with E-state index in [0.717, 1.165) is 10.5 Å². The van der Waals surface area contributed by atoms with Crippen molar-refractivity contribution in [1.82, 2.24) is 0 Å². The molecule has 0 aliphatic heterocycles. The second-order valence-corrected chi connectivity index (χ2v) is 3.74. The molecule has 2 amide bonds. The molecule has 1 aromatic carbocycles. The summed E-state index contributed by atoms with van der Waals surface area (Å²) in [6.07, 6.45) is 0. The fourth-order valence-corrected chi connectivity index (χ4v) is 1.71. The summed E-state index contributed by atoms with van der Waals surface area (Å²) < 4.78 is 0. The predicted octanol–water partition coefficient (Wildman–Crippen LogP) is 2.48. The molecule has 0 heterocycles. The molecular weight excluding hydrogens is 258 g/mol. The Kier molecular flexibility index (Phi) is 4.03. The molecule has 0 bridgehead atoms. The Labute approximate surface area is 97.2 Å². The first kappa shape index (κ1) is 11.9. The van der Waals surface area contributed by atoms with Gasteiger partial charge in [-0.25, -0.2) is 0 Å². The second kappa shape index (κ2) is 5.07.